The van der Waals surface area contributed by atoms with Crippen LogP contribution < -0.4 is 10.6 Å². The molecule has 66 heavy (non-hydrogen) atoms. The van der Waals surface area contributed by atoms with Crippen LogP contribution in [0.2, 0.25) is 0 Å². The van der Waals surface area contributed by atoms with Crippen molar-refractivity contribution in [2.45, 2.75) is 82.6 Å². The number of hydrogen-bond acceptors (Lipinski definition) is 10. The monoisotopic (exact) mass is 888 g/mol. The molecule has 0 saturated carbocycles. The molecule has 4 aliphatic heterocycles. The number of benzene rings is 3. The number of pyridine rings is 1. The number of halogens is 1. The minimum absolute atomic E-state index is 0.0101. The standard InChI is InChI=1S/C50H53FN12O3/c1-59-38(26-41-39(12-17-52-48(41)59)35-6-9-43-36(24-35)27-53-56-43)28-60-18-13-32(14-19-60)31-2-4-34(5-3-31)50(66)62-22-23-63-45(57-58-46(63)30-62)29-61-20-15-33(16-21-61)40-8-7-37(25-42(40)51)54-44-10-11-47(64)55-49(44)65/h2-9,12,17,24-27,32-33,44,54H,10-11,13-16,18-23,28-30H2,1H3,(H,53,56)(H,55,64,65). The number of imide groups is 1. The van der Waals surface area contributed by atoms with Crippen molar-refractivity contribution in [3.05, 3.63) is 125 Å². The first-order valence-corrected chi connectivity index (χ1v) is 23.2. The van der Waals surface area contributed by atoms with Crippen molar-refractivity contribution in [1.82, 2.24) is 54.5 Å². The maximum absolute atomic E-state index is 15.3. The van der Waals surface area contributed by atoms with Gasteiger partial charge in [-0.3, -0.25) is 34.6 Å². The topological polar surface area (TPSA) is 162 Å². The van der Waals surface area contributed by atoms with Crippen molar-refractivity contribution in [2.24, 2.45) is 7.05 Å². The van der Waals surface area contributed by atoms with Crippen LogP contribution >= 0.6 is 0 Å². The molecule has 8 heterocycles. The Kier molecular flexibility index (Phi) is 11.1. The van der Waals surface area contributed by atoms with Crippen LogP contribution in [0.15, 0.2) is 85.2 Å². The van der Waals surface area contributed by atoms with Gasteiger partial charge < -0.3 is 19.4 Å². The molecule has 0 spiro atoms. The van der Waals surface area contributed by atoms with E-state index < -0.39 is 6.04 Å². The van der Waals surface area contributed by atoms with Gasteiger partial charge in [-0.25, -0.2) is 9.37 Å². The number of piperidine rings is 3. The van der Waals surface area contributed by atoms with Gasteiger partial charge in [0.2, 0.25) is 11.8 Å². The summed E-state index contributed by atoms with van der Waals surface area (Å²) in [4.78, 5) is 48.9. The number of carbonyl (C=O) groups is 3. The second-order valence-corrected chi connectivity index (χ2v) is 18.5. The Balaban J connectivity index is 0.652. The number of anilines is 1. The van der Waals surface area contributed by atoms with Crippen molar-refractivity contribution in [2.75, 3.05) is 38.0 Å². The number of rotatable bonds is 10. The van der Waals surface area contributed by atoms with Crippen LogP contribution in [0.4, 0.5) is 10.1 Å². The number of fused-ring (bicyclic) bond motifs is 3. The van der Waals surface area contributed by atoms with Crippen LogP contribution in [-0.2, 0) is 42.8 Å². The SMILES string of the molecule is Cn1c(CN2CCC(c3ccc(C(=O)N4CCn5c(CN6CCC(c7ccc(NC8CCC(=O)NC8=O)cc7F)CC6)nnc5C4)cc3)CC2)cc2c(-c3ccc4[nH]ncc4c3)ccnc21. The average molecular weight is 889 g/mol. The van der Waals surface area contributed by atoms with Gasteiger partial charge in [-0.1, -0.05) is 24.3 Å². The third-order valence-corrected chi connectivity index (χ3v) is 14.5. The van der Waals surface area contributed by atoms with Gasteiger partial charge in [0.25, 0.3) is 5.91 Å². The van der Waals surface area contributed by atoms with E-state index in [4.69, 9.17) is 4.98 Å². The Hall–Kier alpha value is -6.78. The summed E-state index contributed by atoms with van der Waals surface area (Å²) in [6.07, 6.45) is 8.17. The van der Waals surface area contributed by atoms with Crippen molar-refractivity contribution in [3.63, 3.8) is 0 Å². The lowest BCUT2D eigenvalue weighted by molar-refractivity contribution is -0.133. The highest BCUT2D eigenvalue weighted by Crippen LogP contribution is 2.35. The summed E-state index contributed by atoms with van der Waals surface area (Å²) in [5.74, 6) is 1.30. The number of nitrogens with one attached hydrogen (secondary N) is 3. The van der Waals surface area contributed by atoms with E-state index in [1.807, 2.05) is 41.6 Å². The third-order valence-electron chi connectivity index (χ3n) is 14.5. The minimum atomic E-state index is -0.555. The Labute approximate surface area is 381 Å². The second kappa shape index (κ2) is 17.5. The zero-order chi connectivity index (χ0) is 44.9. The molecule has 1 unspecified atom stereocenters. The fraction of sp³-hybridized carbons (Fsp3) is 0.380. The van der Waals surface area contributed by atoms with Crippen LogP contribution in [-0.4, -0.2) is 106 Å². The van der Waals surface area contributed by atoms with Gasteiger partial charge in [-0.2, -0.15) is 5.10 Å². The van der Waals surface area contributed by atoms with Gasteiger partial charge in [0.05, 0.1) is 24.8 Å². The van der Waals surface area contributed by atoms with Crippen LogP contribution in [0, 0.1) is 5.82 Å². The number of aromatic amines is 1. The first kappa shape index (κ1) is 41.9. The largest absolute Gasteiger partial charge is 0.374 e. The maximum Gasteiger partial charge on any atom is 0.254 e. The Morgan fingerprint density at radius 1 is 0.833 bits per heavy atom. The molecule has 338 valence electrons. The third kappa shape index (κ3) is 8.23. The Morgan fingerprint density at radius 2 is 1.62 bits per heavy atom. The molecular weight excluding hydrogens is 836 g/mol. The minimum Gasteiger partial charge on any atom is -0.374 e. The van der Waals surface area contributed by atoms with E-state index in [9.17, 15) is 14.4 Å². The summed E-state index contributed by atoms with van der Waals surface area (Å²) in [6.45, 7) is 6.77. The number of amides is 3. The molecule has 4 aromatic heterocycles. The molecule has 7 aromatic rings. The number of H-pyrrole nitrogens is 1. The highest BCUT2D eigenvalue weighted by atomic mass is 19.1. The van der Waals surface area contributed by atoms with Crippen LogP contribution in [0.5, 0.6) is 0 Å². The molecular formula is C50H53FN12O3. The number of aryl methyl sites for hydroxylation is 1. The summed E-state index contributed by atoms with van der Waals surface area (Å²) in [7, 11) is 2.12. The molecule has 11 rings (SSSR count). The van der Waals surface area contributed by atoms with Gasteiger partial charge >= 0.3 is 0 Å². The lowest BCUT2D eigenvalue weighted by atomic mass is 9.89. The second-order valence-electron chi connectivity index (χ2n) is 18.5. The summed E-state index contributed by atoms with van der Waals surface area (Å²) in [6, 6.07) is 23.6. The highest BCUT2D eigenvalue weighted by molar-refractivity contribution is 6.01. The summed E-state index contributed by atoms with van der Waals surface area (Å²) >= 11 is 0. The zero-order valence-corrected chi connectivity index (χ0v) is 37.0. The molecule has 4 aliphatic rings. The zero-order valence-electron chi connectivity index (χ0n) is 37.0. The van der Waals surface area contributed by atoms with Crippen molar-refractivity contribution in [3.8, 4) is 11.1 Å². The van der Waals surface area contributed by atoms with Crippen LogP contribution in [0.3, 0.4) is 0 Å². The van der Waals surface area contributed by atoms with Gasteiger partial charge in [0.1, 0.15) is 23.3 Å². The van der Waals surface area contributed by atoms with E-state index in [1.54, 1.807) is 0 Å². The molecule has 3 N–H and O–H groups in total. The lowest BCUT2D eigenvalue weighted by Gasteiger charge is -2.33. The van der Waals surface area contributed by atoms with E-state index in [-0.39, 0.29) is 35.9 Å². The number of hydrogen-bond donors (Lipinski definition) is 3. The van der Waals surface area contributed by atoms with Gasteiger partial charge in [-0.05, 0) is 141 Å². The fourth-order valence-electron chi connectivity index (χ4n) is 10.6. The molecule has 3 amide bonds. The average Bonchev–Trinajstić information content (AvgIpc) is 4.07. The van der Waals surface area contributed by atoms with E-state index >= 15 is 4.39 Å². The Morgan fingerprint density at radius 3 is 2.41 bits per heavy atom. The molecule has 0 aliphatic carbocycles. The van der Waals surface area contributed by atoms with Crippen molar-refractivity contribution >= 4 is 45.3 Å². The number of carbonyl (C=O) groups excluding carboxylic acids is 3. The summed E-state index contributed by atoms with van der Waals surface area (Å²) in [5, 5.41) is 24.0. The maximum atomic E-state index is 15.3. The fourth-order valence-corrected chi connectivity index (χ4v) is 10.6. The highest BCUT2D eigenvalue weighted by Gasteiger charge is 2.30. The van der Waals surface area contributed by atoms with Crippen molar-refractivity contribution < 1.29 is 18.8 Å². The molecule has 16 heteroatoms. The first-order valence-electron chi connectivity index (χ1n) is 23.2. The van der Waals surface area contributed by atoms with Gasteiger partial charge in [-0.15, -0.1) is 10.2 Å². The smallest absolute Gasteiger partial charge is 0.254 e. The Bertz CT molecular complexity index is 2960. The predicted molar refractivity (Wildman–Crippen MR) is 248 cm³/mol. The van der Waals surface area contributed by atoms with E-state index in [1.165, 1.54) is 22.9 Å². The normalized spacial score (nSPS) is 19.1. The molecule has 3 fully saturated rings. The summed E-state index contributed by atoms with van der Waals surface area (Å²) < 4.78 is 19.7. The lowest BCUT2D eigenvalue weighted by Crippen LogP contribution is -2.47. The van der Waals surface area contributed by atoms with E-state index in [2.05, 4.69) is 99.5 Å². The number of likely N-dealkylation sites (tertiary alicyclic amines) is 2. The number of nitrogens with zero attached hydrogens (tertiary/aromatic N) is 9. The molecule has 3 saturated heterocycles. The quantitative estimate of drug-likeness (QED) is 0.130. The van der Waals surface area contributed by atoms with Gasteiger partial charge in [0, 0.05) is 67.0 Å². The van der Waals surface area contributed by atoms with Crippen LogP contribution in [0.1, 0.15) is 89.2 Å². The molecule has 15 nitrogen and oxygen atoms in total. The molecule has 0 radical (unpaired) electrons. The molecule has 3 aromatic carbocycles. The molecule has 1 atom stereocenters. The van der Waals surface area contributed by atoms with Crippen LogP contribution in [0.25, 0.3) is 33.1 Å². The predicted octanol–water partition coefficient (Wildman–Crippen LogP) is 6.48. The van der Waals surface area contributed by atoms with Gasteiger partial charge in [0.15, 0.2) is 5.82 Å². The van der Waals surface area contributed by atoms with E-state index in [0.717, 1.165) is 97.6 Å². The summed E-state index contributed by atoms with van der Waals surface area (Å²) in [5.41, 5.74) is 8.80. The number of aromatic nitrogens is 7. The van der Waals surface area contributed by atoms with E-state index in [0.29, 0.717) is 55.3 Å². The van der Waals surface area contributed by atoms with Crippen molar-refractivity contribution in [1.29, 1.82) is 0 Å². The molecule has 0 bridgehead atoms. The first-order chi connectivity index (χ1) is 32.2.